The molecular formula is C8H11O2S-. The molecule has 0 atom stereocenters. The van der Waals surface area contributed by atoms with Gasteiger partial charge >= 0.3 is 0 Å². The van der Waals surface area contributed by atoms with Crippen LogP contribution >= 0.6 is 11.3 Å². The fourth-order valence-electron chi connectivity index (χ4n) is 0.575. The summed E-state index contributed by atoms with van der Waals surface area (Å²) >= 11 is 1.80. The molecule has 0 bridgehead atoms. The molecule has 0 amide bonds. The lowest BCUT2D eigenvalue weighted by molar-refractivity contribution is -0.302. The fraction of sp³-hybridized carbons (Fsp3) is 0.375. The van der Waals surface area contributed by atoms with E-state index >= 15 is 0 Å². The number of carboxylic acids is 1. The van der Waals surface area contributed by atoms with Gasteiger partial charge in [0.15, 0.2) is 0 Å². The van der Waals surface area contributed by atoms with Gasteiger partial charge in [-0.15, -0.1) is 11.3 Å². The Morgan fingerprint density at radius 3 is 2.09 bits per heavy atom. The van der Waals surface area contributed by atoms with E-state index in [2.05, 4.69) is 25.3 Å². The highest BCUT2D eigenvalue weighted by molar-refractivity contribution is 7.10. The summed E-state index contributed by atoms with van der Waals surface area (Å²) in [4.78, 5) is 10.3. The van der Waals surface area contributed by atoms with Crippen LogP contribution in [0.2, 0.25) is 0 Å². The van der Waals surface area contributed by atoms with Gasteiger partial charge in [0.05, 0.1) is 0 Å². The van der Waals surface area contributed by atoms with E-state index in [9.17, 15) is 0 Å². The third-order valence-corrected chi connectivity index (χ3v) is 1.84. The van der Waals surface area contributed by atoms with Crippen molar-refractivity contribution in [3.05, 3.63) is 21.9 Å². The van der Waals surface area contributed by atoms with Gasteiger partial charge < -0.3 is 9.90 Å². The second-order valence-electron chi connectivity index (χ2n) is 2.23. The average Bonchev–Trinajstić information content (AvgIpc) is 2.13. The standard InChI is InChI=1S/C6H8S.C2H4O2/c1-5-3-6(2)7-4-5;1-2(3)4/h3-4H,1-2H3;1H3,(H,3,4)/p-1. The van der Waals surface area contributed by atoms with Crippen LogP contribution in [-0.2, 0) is 4.79 Å². The maximum atomic E-state index is 8.89. The summed E-state index contributed by atoms with van der Waals surface area (Å²) in [5, 5.41) is 11.1. The lowest BCUT2D eigenvalue weighted by Crippen LogP contribution is -2.16. The lowest BCUT2D eigenvalue weighted by atomic mass is 10.4. The summed E-state index contributed by atoms with van der Waals surface area (Å²) in [6.07, 6.45) is 0. The maximum absolute atomic E-state index is 8.89. The predicted molar refractivity (Wildman–Crippen MR) is 44.5 cm³/mol. The van der Waals surface area contributed by atoms with E-state index in [1.54, 1.807) is 11.3 Å². The van der Waals surface area contributed by atoms with Crippen molar-refractivity contribution in [3.63, 3.8) is 0 Å². The highest BCUT2D eigenvalue weighted by atomic mass is 32.1. The molecule has 0 radical (unpaired) electrons. The van der Waals surface area contributed by atoms with E-state index in [1.807, 2.05) is 0 Å². The molecule has 1 aromatic rings. The second-order valence-corrected chi connectivity index (χ2v) is 3.34. The van der Waals surface area contributed by atoms with Crippen molar-refractivity contribution in [2.75, 3.05) is 0 Å². The number of aryl methyl sites for hydroxylation is 2. The molecule has 0 unspecified atom stereocenters. The number of thiophene rings is 1. The molecule has 3 heteroatoms. The van der Waals surface area contributed by atoms with E-state index in [1.165, 1.54) is 10.4 Å². The number of hydrogen-bond donors (Lipinski definition) is 0. The number of carboxylic acid groups (broad SMARTS) is 1. The predicted octanol–water partition coefficient (Wildman–Crippen LogP) is 1.12. The third kappa shape index (κ3) is 7.06. The van der Waals surface area contributed by atoms with E-state index in [0.29, 0.717) is 0 Å². The first-order valence-corrected chi connectivity index (χ1v) is 4.09. The van der Waals surface area contributed by atoms with Gasteiger partial charge in [-0.3, -0.25) is 0 Å². The second kappa shape index (κ2) is 4.91. The number of carbonyl (C=O) groups is 1. The monoisotopic (exact) mass is 171 g/mol. The number of aliphatic carboxylic acids is 1. The normalized spacial score (nSPS) is 8.27. The van der Waals surface area contributed by atoms with Crippen LogP contribution in [0.5, 0.6) is 0 Å². The van der Waals surface area contributed by atoms with Crippen LogP contribution in [0.25, 0.3) is 0 Å². The molecular weight excluding hydrogens is 160 g/mol. The maximum Gasteiger partial charge on any atom is 0.0383 e. The Balaban J connectivity index is 0.000000218. The Hall–Kier alpha value is -0.830. The van der Waals surface area contributed by atoms with Crippen LogP contribution < -0.4 is 5.11 Å². The molecule has 0 aliphatic rings. The molecule has 1 rings (SSSR count). The van der Waals surface area contributed by atoms with Crippen molar-refractivity contribution >= 4 is 17.3 Å². The summed E-state index contributed by atoms with van der Waals surface area (Å²) in [6.45, 7) is 5.21. The summed E-state index contributed by atoms with van der Waals surface area (Å²) in [7, 11) is 0. The number of hydrogen-bond acceptors (Lipinski definition) is 3. The zero-order valence-electron chi connectivity index (χ0n) is 6.88. The molecule has 0 spiro atoms. The zero-order valence-corrected chi connectivity index (χ0v) is 7.70. The molecule has 1 aromatic heterocycles. The van der Waals surface area contributed by atoms with E-state index in [4.69, 9.17) is 9.90 Å². The van der Waals surface area contributed by atoms with Crippen molar-refractivity contribution in [2.24, 2.45) is 0 Å². The minimum Gasteiger partial charge on any atom is -0.550 e. The molecule has 0 aliphatic heterocycles. The van der Waals surface area contributed by atoms with Crippen molar-refractivity contribution in [2.45, 2.75) is 20.8 Å². The lowest BCUT2D eigenvalue weighted by Gasteiger charge is -1.77. The van der Waals surface area contributed by atoms with E-state index < -0.39 is 5.97 Å². The smallest absolute Gasteiger partial charge is 0.0383 e. The van der Waals surface area contributed by atoms with Gasteiger partial charge in [0.2, 0.25) is 0 Å². The summed E-state index contributed by atoms with van der Waals surface area (Å²) in [5.41, 5.74) is 1.38. The minimum absolute atomic E-state index is 0.972. The van der Waals surface area contributed by atoms with Gasteiger partial charge in [-0.1, -0.05) is 0 Å². The van der Waals surface area contributed by atoms with Gasteiger partial charge in [0, 0.05) is 10.8 Å². The summed E-state index contributed by atoms with van der Waals surface area (Å²) < 4.78 is 0. The Morgan fingerprint density at radius 2 is 2.00 bits per heavy atom. The van der Waals surface area contributed by atoms with Gasteiger partial charge in [0.1, 0.15) is 0 Å². The zero-order chi connectivity index (χ0) is 8.85. The summed E-state index contributed by atoms with van der Waals surface area (Å²) in [6, 6.07) is 2.19. The topological polar surface area (TPSA) is 40.1 Å². The first-order chi connectivity index (χ1) is 5.02. The molecule has 0 saturated carbocycles. The fourth-order valence-corrected chi connectivity index (χ4v) is 1.27. The van der Waals surface area contributed by atoms with Crippen LogP contribution in [0.4, 0.5) is 0 Å². The number of carbonyl (C=O) groups excluding carboxylic acids is 1. The van der Waals surface area contributed by atoms with Gasteiger partial charge in [0.25, 0.3) is 0 Å². The van der Waals surface area contributed by atoms with E-state index in [0.717, 1.165) is 6.92 Å². The Kier molecular flexibility index (Phi) is 4.54. The largest absolute Gasteiger partial charge is 0.550 e. The Morgan fingerprint density at radius 1 is 1.55 bits per heavy atom. The SMILES string of the molecule is CC(=O)[O-].Cc1csc(C)c1. The van der Waals surface area contributed by atoms with Crippen molar-refractivity contribution < 1.29 is 9.90 Å². The molecule has 0 aliphatic carbocycles. The summed E-state index contributed by atoms with van der Waals surface area (Å²) in [5.74, 6) is -1.08. The number of rotatable bonds is 0. The van der Waals surface area contributed by atoms with Crippen LogP contribution in [-0.4, -0.2) is 5.97 Å². The van der Waals surface area contributed by atoms with Crippen molar-refractivity contribution in [1.29, 1.82) is 0 Å². The van der Waals surface area contributed by atoms with Crippen LogP contribution in [0.3, 0.4) is 0 Å². The molecule has 62 valence electrons. The third-order valence-electron chi connectivity index (χ3n) is 0.862. The van der Waals surface area contributed by atoms with Crippen LogP contribution in [0.1, 0.15) is 17.4 Å². The van der Waals surface area contributed by atoms with Gasteiger partial charge in [-0.2, -0.15) is 0 Å². The molecule has 0 fully saturated rings. The first-order valence-electron chi connectivity index (χ1n) is 3.21. The quantitative estimate of drug-likeness (QED) is 0.587. The first kappa shape index (κ1) is 10.2. The van der Waals surface area contributed by atoms with Crippen molar-refractivity contribution in [3.8, 4) is 0 Å². The molecule has 1 heterocycles. The molecule has 0 N–H and O–H groups in total. The highest BCUT2D eigenvalue weighted by Crippen LogP contribution is 2.10. The minimum atomic E-state index is -1.08. The highest BCUT2D eigenvalue weighted by Gasteiger charge is 1.84. The Bertz CT molecular complexity index is 207. The average molecular weight is 171 g/mol. The molecule has 0 saturated heterocycles. The Labute approximate surface area is 70.5 Å². The molecule has 2 nitrogen and oxygen atoms in total. The van der Waals surface area contributed by atoms with Crippen LogP contribution in [0, 0.1) is 13.8 Å². The molecule has 0 aromatic carbocycles. The van der Waals surface area contributed by atoms with E-state index in [-0.39, 0.29) is 0 Å². The van der Waals surface area contributed by atoms with Gasteiger partial charge in [-0.25, -0.2) is 0 Å². The molecule has 11 heavy (non-hydrogen) atoms. The van der Waals surface area contributed by atoms with Crippen LogP contribution in [0.15, 0.2) is 11.4 Å². The van der Waals surface area contributed by atoms with Gasteiger partial charge in [-0.05, 0) is 37.8 Å². The van der Waals surface area contributed by atoms with Crippen molar-refractivity contribution in [1.82, 2.24) is 0 Å².